The first-order chi connectivity index (χ1) is 4.57. The highest BCUT2D eigenvalue weighted by Gasteiger charge is 2.11. The van der Waals surface area contributed by atoms with Crippen LogP contribution in [0.25, 0.3) is 0 Å². The monoisotopic (exact) mass is 145 g/mol. The first-order valence-corrected chi connectivity index (χ1v) is 3.53. The predicted molar refractivity (Wildman–Crippen MR) is 39.6 cm³/mol. The molecule has 0 aliphatic rings. The summed E-state index contributed by atoms with van der Waals surface area (Å²) in [5.41, 5.74) is 0. The van der Waals surface area contributed by atoms with E-state index in [1.807, 2.05) is 6.92 Å². The van der Waals surface area contributed by atoms with E-state index in [0.29, 0.717) is 6.42 Å². The third-order valence-corrected chi connectivity index (χ3v) is 1.43. The fraction of sp³-hybridized carbons (Fsp3) is 0.857. The number of rotatable bonds is 3. The van der Waals surface area contributed by atoms with Gasteiger partial charge in [-0.1, -0.05) is 6.92 Å². The van der Waals surface area contributed by atoms with Crippen molar-refractivity contribution >= 4 is 5.91 Å². The zero-order chi connectivity index (χ0) is 8.15. The molecule has 2 N–H and O–H groups in total. The zero-order valence-electron chi connectivity index (χ0n) is 6.72. The zero-order valence-corrected chi connectivity index (χ0v) is 6.72. The van der Waals surface area contributed by atoms with E-state index in [9.17, 15) is 4.79 Å². The van der Waals surface area contributed by atoms with Gasteiger partial charge in [0, 0.05) is 6.92 Å². The van der Waals surface area contributed by atoms with E-state index in [1.165, 1.54) is 6.92 Å². The summed E-state index contributed by atoms with van der Waals surface area (Å²) in [6.07, 6.45) is 0.241. The van der Waals surface area contributed by atoms with E-state index in [1.54, 1.807) is 6.92 Å². The van der Waals surface area contributed by atoms with Crippen LogP contribution < -0.4 is 5.32 Å². The number of aliphatic hydroxyl groups is 1. The van der Waals surface area contributed by atoms with Gasteiger partial charge in [0.2, 0.25) is 5.91 Å². The molecule has 3 heteroatoms. The Balaban J connectivity index is 3.61. The number of carbonyl (C=O) groups excluding carboxylic acids is 1. The maximum atomic E-state index is 10.5. The van der Waals surface area contributed by atoms with Crippen LogP contribution in [0.5, 0.6) is 0 Å². The summed E-state index contributed by atoms with van der Waals surface area (Å²) >= 11 is 0. The second kappa shape index (κ2) is 4.28. The van der Waals surface area contributed by atoms with Crippen molar-refractivity contribution in [1.82, 2.24) is 5.32 Å². The van der Waals surface area contributed by atoms with Crippen molar-refractivity contribution < 1.29 is 9.90 Å². The summed E-state index contributed by atoms with van der Waals surface area (Å²) in [5, 5.41) is 11.8. The third kappa shape index (κ3) is 3.45. The highest BCUT2D eigenvalue weighted by atomic mass is 16.3. The standard InChI is InChI=1S/C7H15NO2/c1-4-7(10)5(2)8-6(3)9/h5,7,10H,4H2,1-3H3,(H,8,9)/t5-,7-/m0/s1. The van der Waals surface area contributed by atoms with E-state index in [4.69, 9.17) is 5.11 Å². The van der Waals surface area contributed by atoms with Crippen LogP contribution in [-0.4, -0.2) is 23.2 Å². The average molecular weight is 145 g/mol. The van der Waals surface area contributed by atoms with Gasteiger partial charge in [-0.25, -0.2) is 0 Å². The number of carbonyl (C=O) groups is 1. The molecule has 0 fully saturated rings. The quantitative estimate of drug-likeness (QED) is 0.599. The van der Waals surface area contributed by atoms with Crippen molar-refractivity contribution in [2.75, 3.05) is 0 Å². The molecule has 0 aliphatic heterocycles. The van der Waals surface area contributed by atoms with Gasteiger partial charge < -0.3 is 10.4 Å². The molecular weight excluding hydrogens is 130 g/mol. The lowest BCUT2D eigenvalue weighted by molar-refractivity contribution is -0.120. The molecule has 0 aromatic rings. The van der Waals surface area contributed by atoms with Crippen molar-refractivity contribution in [1.29, 1.82) is 0 Å². The van der Waals surface area contributed by atoms with Gasteiger partial charge in [-0.05, 0) is 13.3 Å². The van der Waals surface area contributed by atoms with Crippen LogP contribution in [0, 0.1) is 0 Å². The highest BCUT2D eigenvalue weighted by molar-refractivity contribution is 5.73. The molecule has 0 aromatic heterocycles. The van der Waals surface area contributed by atoms with Crippen LogP contribution in [0.2, 0.25) is 0 Å². The van der Waals surface area contributed by atoms with Gasteiger partial charge in [-0.15, -0.1) is 0 Å². The molecule has 10 heavy (non-hydrogen) atoms. The van der Waals surface area contributed by atoms with Gasteiger partial charge in [0.1, 0.15) is 0 Å². The summed E-state index contributed by atoms with van der Waals surface area (Å²) < 4.78 is 0. The normalized spacial score (nSPS) is 16.0. The molecule has 0 rings (SSSR count). The maximum absolute atomic E-state index is 10.5. The molecule has 0 unspecified atom stereocenters. The van der Waals surface area contributed by atoms with Gasteiger partial charge in [0.05, 0.1) is 12.1 Å². The minimum Gasteiger partial charge on any atom is -0.391 e. The number of aliphatic hydroxyl groups excluding tert-OH is 1. The molecule has 60 valence electrons. The number of hydrogen-bond donors (Lipinski definition) is 2. The minimum absolute atomic E-state index is 0.0972. The van der Waals surface area contributed by atoms with Gasteiger partial charge in [-0.2, -0.15) is 0 Å². The Morgan fingerprint density at radius 2 is 2.20 bits per heavy atom. The molecule has 0 radical (unpaired) electrons. The molecular formula is C7H15NO2. The fourth-order valence-electron chi connectivity index (χ4n) is 0.770. The molecule has 0 saturated carbocycles. The van der Waals surface area contributed by atoms with Crippen LogP contribution in [0.15, 0.2) is 0 Å². The Kier molecular flexibility index (Phi) is 4.03. The van der Waals surface area contributed by atoms with E-state index in [0.717, 1.165) is 0 Å². The largest absolute Gasteiger partial charge is 0.391 e. The summed E-state index contributed by atoms with van der Waals surface area (Å²) in [6.45, 7) is 5.11. The molecule has 0 aromatic carbocycles. The topological polar surface area (TPSA) is 49.3 Å². The van der Waals surface area contributed by atoms with Crippen LogP contribution >= 0.6 is 0 Å². The van der Waals surface area contributed by atoms with Gasteiger partial charge in [0.15, 0.2) is 0 Å². The molecule has 0 aliphatic carbocycles. The first kappa shape index (κ1) is 9.43. The maximum Gasteiger partial charge on any atom is 0.217 e. The Labute approximate surface area is 61.4 Å². The van der Waals surface area contributed by atoms with Crippen LogP contribution in [0.4, 0.5) is 0 Å². The van der Waals surface area contributed by atoms with Crippen molar-refractivity contribution in [3.05, 3.63) is 0 Å². The Hall–Kier alpha value is -0.570. The van der Waals surface area contributed by atoms with E-state index in [2.05, 4.69) is 5.32 Å². The molecule has 0 bridgehead atoms. The number of hydrogen-bond acceptors (Lipinski definition) is 2. The van der Waals surface area contributed by atoms with Crippen molar-refractivity contribution in [2.45, 2.75) is 39.3 Å². The lowest BCUT2D eigenvalue weighted by Crippen LogP contribution is -2.39. The van der Waals surface area contributed by atoms with Gasteiger partial charge in [-0.3, -0.25) is 4.79 Å². The Bertz CT molecular complexity index is 114. The minimum atomic E-state index is -0.427. The highest BCUT2D eigenvalue weighted by Crippen LogP contribution is 1.96. The molecule has 0 saturated heterocycles. The average Bonchev–Trinajstić information content (AvgIpc) is 1.85. The summed E-state index contributed by atoms with van der Waals surface area (Å²) in [7, 11) is 0. The lowest BCUT2D eigenvalue weighted by Gasteiger charge is -2.17. The van der Waals surface area contributed by atoms with E-state index >= 15 is 0 Å². The van der Waals surface area contributed by atoms with E-state index in [-0.39, 0.29) is 11.9 Å². The van der Waals surface area contributed by atoms with Crippen molar-refractivity contribution in [2.24, 2.45) is 0 Å². The van der Waals surface area contributed by atoms with Crippen molar-refractivity contribution in [3.63, 3.8) is 0 Å². The Morgan fingerprint density at radius 1 is 1.70 bits per heavy atom. The molecule has 0 heterocycles. The number of nitrogens with one attached hydrogen (secondary N) is 1. The predicted octanol–water partition coefficient (Wildman–Crippen LogP) is 0.282. The molecule has 1 amide bonds. The smallest absolute Gasteiger partial charge is 0.217 e. The molecule has 0 spiro atoms. The summed E-state index contributed by atoms with van der Waals surface area (Å²) in [5.74, 6) is -0.0972. The second-order valence-corrected chi connectivity index (χ2v) is 2.46. The second-order valence-electron chi connectivity index (χ2n) is 2.46. The van der Waals surface area contributed by atoms with Gasteiger partial charge >= 0.3 is 0 Å². The van der Waals surface area contributed by atoms with Crippen molar-refractivity contribution in [3.8, 4) is 0 Å². The number of amides is 1. The van der Waals surface area contributed by atoms with Crippen LogP contribution in [0.3, 0.4) is 0 Å². The summed E-state index contributed by atoms with van der Waals surface area (Å²) in [6, 6.07) is -0.137. The SMILES string of the molecule is CC[C@H](O)[C@H](C)NC(C)=O. The van der Waals surface area contributed by atoms with Crippen LogP contribution in [-0.2, 0) is 4.79 Å². The fourth-order valence-corrected chi connectivity index (χ4v) is 0.770. The van der Waals surface area contributed by atoms with E-state index < -0.39 is 6.10 Å². The lowest BCUT2D eigenvalue weighted by atomic mass is 10.1. The first-order valence-electron chi connectivity index (χ1n) is 3.53. The molecule has 3 nitrogen and oxygen atoms in total. The van der Waals surface area contributed by atoms with Crippen LogP contribution in [0.1, 0.15) is 27.2 Å². The summed E-state index contributed by atoms with van der Waals surface area (Å²) in [4.78, 5) is 10.5. The Morgan fingerprint density at radius 3 is 2.50 bits per heavy atom. The molecule has 2 atom stereocenters. The van der Waals surface area contributed by atoms with Gasteiger partial charge in [0.25, 0.3) is 0 Å². The third-order valence-electron chi connectivity index (χ3n) is 1.43.